The quantitative estimate of drug-likeness (QED) is 0.142. The van der Waals surface area contributed by atoms with Crippen molar-refractivity contribution in [3.63, 3.8) is 0 Å². The van der Waals surface area contributed by atoms with Gasteiger partial charge in [0.25, 0.3) is 20.0 Å². The number of hydrogen-bond donors (Lipinski definition) is 2. The lowest BCUT2D eigenvalue weighted by molar-refractivity contribution is 0.0686. The lowest BCUT2D eigenvalue weighted by Crippen LogP contribution is -2.31. The summed E-state index contributed by atoms with van der Waals surface area (Å²) in [6, 6.07) is 30.0. The SMILES string of the molecule is Cc1nc(C)c(S(=O)(=O)N(Cc2ccccc2)c2cccc(C(=O)O)c2)s1.Cn1cnc(S(=O)(=O)N(Cc2ccccc2)c2cccc(C(=O)O)c2)c1. The average Bonchev–Trinajstić information content (AvgIpc) is 3.75. The van der Waals surface area contributed by atoms with Gasteiger partial charge in [0.05, 0.1) is 52.6 Å². The summed E-state index contributed by atoms with van der Waals surface area (Å²) >= 11 is 1.11. The molecule has 0 aliphatic rings. The summed E-state index contributed by atoms with van der Waals surface area (Å²) < 4.78 is 57.2. The molecule has 6 aromatic rings. The maximum Gasteiger partial charge on any atom is 0.335 e. The fourth-order valence-corrected chi connectivity index (χ4v) is 9.65. The van der Waals surface area contributed by atoms with Gasteiger partial charge in [-0.25, -0.2) is 28.0 Å². The zero-order chi connectivity index (χ0) is 38.3. The van der Waals surface area contributed by atoms with Crippen LogP contribution < -0.4 is 8.61 Å². The molecular weight excluding hydrogens is 739 g/mol. The lowest BCUT2D eigenvalue weighted by atomic mass is 10.2. The molecule has 0 aliphatic carbocycles. The monoisotopic (exact) mass is 773 g/mol. The summed E-state index contributed by atoms with van der Waals surface area (Å²) in [6.07, 6.45) is 2.82. The number of aromatic carboxylic acids is 2. The van der Waals surface area contributed by atoms with E-state index in [0.29, 0.717) is 16.4 Å². The van der Waals surface area contributed by atoms with Gasteiger partial charge in [0, 0.05) is 13.2 Å². The highest BCUT2D eigenvalue weighted by Gasteiger charge is 2.30. The Bertz CT molecular complexity index is 2450. The summed E-state index contributed by atoms with van der Waals surface area (Å²) in [5.41, 5.74) is 2.59. The van der Waals surface area contributed by atoms with Gasteiger partial charge in [0.15, 0.2) is 9.24 Å². The van der Waals surface area contributed by atoms with Crippen LogP contribution in [0.1, 0.15) is 42.5 Å². The molecule has 0 aliphatic heterocycles. The highest BCUT2D eigenvalue weighted by molar-refractivity contribution is 7.94. The summed E-state index contributed by atoms with van der Waals surface area (Å²) in [4.78, 5) is 30.8. The van der Waals surface area contributed by atoms with Crippen molar-refractivity contribution < 1.29 is 36.6 Å². The number of anilines is 2. The molecule has 16 heteroatoms. The van der Waals surface area contributed by atoms with Crippen molar-refractivity contribution in [1.82, 2.24) is 14.5 Å². The minimum absolute atomic E-state index is 0.0109. The largest absolute Gasteiger partial charge is 0.478 e. The number of hydrogen-bond acceptors (Lipinski definition) is 9. The fourth-order valence-electron chi connectivity index (χ4n) is 5.20. The molecule has 6 rings (SSSR count). The molecule has 0 saturated carbocycles. The molecule has 0 amide bonds. The predicted molar refractivity (Wildman–Crippen MR) is 201 cm³/mol. The van der Waals surface area contributed by atoms with E-state index >= 15 is 0 Å². The number of carboxylic acid groups (broad SMARTS) is 2. The van der Waals surface area contributed by atoms with E-state index in [-0.39, 0.29) is 39.1 Å². The van der Waals surface area contributed by atoms with Crippen molar-refractivity contribution in [3.8, 4) is 0 Å². The minimum Gasteiger partial charge on any atom is -0.478 e. The molecule has 0 spiro atoms. The number of rotatable bonds is 12. The standard InChI is InChI=1S/C19H18N2O4S2.C18H17N3O4S/c1-13-19(26-14(2)20-13)27(24,25)21(12-15-7-4-3-5-8-15)17-10-6-9-16(11-17)18(22)23;1-20-12-17(19-13-20)26(24,25)21(11-14-6-3-2-4-7-14)16-9-5-8-15(10-16)18(22)23/h3-11H,12H2,1-2H3,(H,22,23);2-10,12-13H,11H2,1H3,(H,22,23). The number of aromatic nitrogens is 3. The maximum absolute atomic E-state index is 13.4. The normalized spacial score (nSPS) is 11.3. The zero-order valence-electron chi connectivity index (χ0n) is 28.8. The van der Waals surface area contributed by atoms with E-state index in [2.05, 4.69) is 9.97 Å². The summed E-state index contributed by atoms with van der Waals surface area (Å²) in [5, 5.41) is 19.0. The van der Waals surface area contributed by atoms with Crippen LogP contribution >= 0.6 is 11.3 Å². The van der Waals surface area contributed by atoms with Crippen LogP contribution in [0.3, 0.4) is 0 Å². The van der Waals surface area contributed by atoms with E-state index in [9.17, 15) is 36.6 Å². The van der Waals surface area contributed by atoms with E-state index in [1.165, 1.54) is 53.2 Å². The summed E-state index contributed by atoms with van der Waals surface area (Å²) in [5.74, 6) is -2.24. The second-order valence-electron chi connectivity index (χ2n) is 11.7. The number of aryl methyl sites for hydroxylation is 3. The van der Waals surface area contributed by atoms with E-state index < -0.39 is 32.0 Å². The average molecular weight is 774 g/mol. The van der Waals surface area contributed by atoms with Gasteiger partial charge in [-0.3, -0.25) is 8.61 Å². The number of imidazole rings is 1. The van der Waals surface area contributed by atoms with Gasteiger partial charge < -0.3 is 14.8 Å². The van der Waals surface area contributed by atoms with Crippen LogP contribution in [0.15, 0.2) is 131 Å². The van der Waals surface area contributed by atoms with Gasteiger partial charge >= 0.3 is 11.9 Å². The van der Waals surface area contributed by atoms with Crippen molar-refractivity contribution in [2.45, 2.75) is 36.2 Å². The van der Waals surface area contributed by atoms with Gasteiger partial charge in [-0.1, -0.05) is 72.8 Å². The minimum atomic E-state index is -3.97. The van der Waals surface area contributed by atoms with Crippen LogP contribution in [-0.4, -0.2) is 53.5 Å². The van der Waals surface area contributed by atoms with E-state index in [0.717, 1.165) is 26.8 Å². The molecule has 2 N–H and O–H groups in total. The van der Waals surface area contributed by atoms with Crippen LogP contribution in [0.4, 0.5) is 11.4 Å². The Kier molecular flexibility index (Phi) is 11.8. The Balaban J connectivity index is 0.000000204. The molecular formula is C37H35N5O8S3. The molecule has 2 aromatic heterocycles. The first-order valence-corrected chi connectivity index (χ1v) is 19.6. The van der Waals surface area contributed by atoms with E-state index in [4.69, 9.17) is 0 Å². The van der Waals surface area contributed by atoms with Crippen molar-refractivity contribution in [2.75, 3.05) is 8.61 Å². The summed E-state index contributed by atoms with van der Waals surface area (Å²) in [6.45, 7) is 3.56. The predicted octanol–water partition coefficient (Wildman–Crippen LogP) is 6.37. The van der Waals surface area contributed by atoms with Crippen LogP contribution in [0.5, 0.6) is 0 Å². The number of sulfonamides is 2. The first kappa shape index (κ1) is 38.4. The Morgan fingerprint density at radius 1 is 0.698 bits per heavy atom. The van der Waals surface area contributed by atoms with Gasteiger partial charge in [-0.05, 0) is 61.4 Å². The Labute approximate surface area is 311 Å². The molecule has 0 saturated heterocycles. The molecule has 0 atom stereocenters. The van der Waals surface area contributed by atoms with Crippen LogP contribution in [0.25, 0.3) is 0 Å². The number of benzene rings is 4. The van der Waals surface area contributed by atoms with Gasteiger partial charge in [0.1, 0.15) is 0 Å². The van der Waals surface area contributed by atoms with Crippen molar-refractivity contribution in [1.29, 1.82) is 0 Å². The van der Waals surface area contributed by atoms with Crippen molar-refractivity contribution in [2.24, 2.45) is 7.05 Å². The smallest absolute Gasteiger partial charge is 0.335 e. The second-order valence-corrected chi connectivity index (χ2v) is 16.8. The van der Waals surface area contributed by atoms with Crippen LogP contribution in [0.2, 0.25) is 0 Å². The fraction of sp³-hybridized carbons (Fsp3) is 0.135. The number of thiazole rings is 1. The van der Waals surface area contributed by atoms with Crippen LogP contribution in [-0.2, 0) is 40.2 Å². The molecule has 13 nitrogen and oxygen atoms in total. The topological polar surface area (TPSA) is 180 Å². The Hall–Kier alpha value is -5.84. The number of carboxylic acids is 2. The first-order chi connectivity index (χ1) is 25.2. The van der Waals surface area contributed by atoms with Crippen molar-refractivity contribution in [3.05, 3.63) is 155 Å². The van der Waals surface area contributed by atoms with E-state index in [1.807, 2.05) is 60.7 Å². The summed E-state index contributed by atoms with van der Waals surface area (Å²) in [7, 11) is -6.19. The molecule has 4 aromatic carbocycles. The molecule has 2 heterocycles. The second kappa shape index (κ2) is 16.2. The zero-order valence-corrected chi connectivity index (χ0v) is 31.2. The van der Waals surface area contributed by atoms with Gasteiger partial charge in [-0.15, -0.1) is 11.3 Å². The molecule has 0 fully saturated rings. The van der Waals surface area contributed by atoms with Gasteiger partial charge in [-0.2, -0.15) is 8.42 Å². The third-order valence-corrected chi connectivity index (χ3v) is 12.8. The highest BCUT2D eigenvalue weighted by atomic mass is 32.2. The Morgan fingerprint density at radius 2 is 1.17 bits per heavy atom. The van der Waals surface area contributed by atoms with Gasteiger partial charge in [0.2, 0.25) is 0 Å². The maximum atomic E-state index is 13.4. The van der Waals surface area contributed by atoms with E-state index in [1.54, 1.807) is 37.6 Å². The molecule has 0 bridgehead atoms. The molecule has 0 unspecified atom stereocenters. The third kappa shape index (κ3) is 9.15. The molecule has 0 radical (unpaired) electrons. The molecule has 274 valence electrons. The Morgan fingerprint density at radius 3 is 1.57 bits per heavy atom. The third-order valence-electron chi connectivity index (χ3n) is 7.72. The van der Waals surface area contributed by atoms with Crippen molar-refractivity contribution >= 4 is 54.7 Å². The highest BCUT2D eigenvalue weighted by Crippen LogP contribution is 2.32. The number of nitrogens with zero attached hydrogens (tertiary/aromatic N) is 5. The first-order valence-electron chi connectivity index (χ1n) is 15.9. The molecule has 53 heavy (non-hydrogen) atoms. The lowest BCUT2D eigenvalue weighted by Gasteiger charge is -2.24. The van der Waals surface area contributed by atoms with Crippen LogP contribution in [0, 0.1) is 13.8 Å². The number of carbonyl (C=O) groups is 2.